The Kier molecular flexibility index (Phi) is 5.42. The Bertz CT molecular complexity index is 656. The van der Waals surface area contributed by atoms with Crippen molar-refractivity contribution in [3.05, 3.63) is 36.0 Å². The largest absolute Gasteiger partial charge is 0.380 e. The zero-order valence-corrected chi connectivity index (χ0v) is 14.7. The van der Waals surface area contributed by atoms with Crippen LogP contribution in [0.15, 0.2) is 24.8 Å². The van der Waals surface area contributed by atoms with Crippen molar-refractivity contribution in [3.63, 3.8) is 0 Å². The highest BCUT2D eigenvalue weighted by Crippen LogP contribution is 2.16. The minimum Gasteiger partial charge on any atom is -0.380 e. The van der Waals surface area contributed by atoms with E-state index in [2.05, 4.69) is 32.2 Å². The molecule has 0 saturated carbocycles. The molecule has 3 rings (SSSR count). The van der Waals surface area contributed by atoms with Crippen LogP contribution >= 0.6 is 0 Å². The van der Waals surface area contributed by atoms with Gasteiger partial charge in [-0.15, -0.1) is 0 Å². The van der Waals surface area contributed by atoms with Crippen LogP contribution < -0.4 is 4.90 Å². The van der Waals surface area contributed by atoms with E-state index in [1.807, 2.05) is 36.9 Å². The molecule has 0 radical (unpaired) electrons. The number of aromatic nitrogens is 4. The zero-order valence-electron chi connectivity index (χ0n) is 14.7. The molecular weight excluding hydrogens is 304 g/mol. The van der Waals surface area contributed by atoms with E-state index in [0.29, 0.717) is 5.92 Å². The van der Waals surface area contributed by atoms with Crippen LogP contribution in [0.2, 0.25) is 0 Å². The second kappa shape index (κ2) is 7.72. The molecular formula is C17H26N6O. The summed E-state index contributed by atoms with van der Waals surface area (Å²) in [5.74, 6) is 1.39. The SMILES string of the molecule is CN(C)c1cc(C[C@@H]2COCCN(Cc3cnn(C)c3)C2)ncn1. The summed E-state index contributed by atoms with van der Waals surface area (Å²) in [4.78, 5) is 13.2. The van der Waals surface area contributed by atoms with Gasteiger partial charge in [0.15, 0.2) is 0 Å². The predicted octanol–water partition coefficient (Wildman–Crippen LogP) is 0.967. The molecule has 1 aliphatic heterocycles. The molecule has 7 heteroatoms. The summed E-state index contributed by atoms with van der Waals surface area (Å²) in [6, 6.07) is 2.07. The maximum Gasteiger partial charge on any atom is 0.131 e. The van der Waals surface area contributed by atoms with Gasteiger partial charge < -0.3 is 9.64 Å². The van der Waals surface area contributed by atoms with Gasteiger partial charge in [-0.25, -0.2) is 9.97 Å². The number of rotatable bonds is 5. The highest BCUT2D eigenvalue weighted by atomic mass is 16.5. The van der Waals surface area contributed by atoms with Crippen LogP contribution in [0, 0.1) is 5.92 Å². The normalized spacial score (nSPS) is 19.2. The first-order chi connectivity index (χ1) is 11.6. The third kappa shape index (κ3) is 4.52. The molecule has 0 unspecified atom stereocenters. The van der Waals surface area contributed by atoms with Gasteiger partial charge in [-0.2, -0.15) is 5.10 Å². The third-order valence-electron chi connectivity index (χ3n) is 4.25. The first kappa shape index (κ1) is 16.9. The molecule has 1 atom stereocenters. The van der Waals surface area contributed by atoms with Gasteiger partial charge in [0.05, 0.1) is 19.4 Å². The van der Waals surface area contributed by atoms with Crippen molar-refractivity contribution in [2.45, 2.75) is 13.0 Å². The topological polar surface area (TPSA) is 59.3 Å². The van der Waals surface area contributed by atoms with E-state index in [4.69, 9.17) is 4.74 Å². The summed E-state index contributed by atoms with van der Waals surface area (Å²) in [7, 11) is 5.95. The van der Waals surface area contributed by atoms with Gasteiger partial charge in [0.2, 0.25) is 0 Å². The number of ether oxygens (including phenoxy) is 1. The van der Waals surface area contributed by atoms with E-state index in [0.717, 1.165) is 50.8 Å². The monoisotopic (exact) mass is 330 g/mol. The molecule has 0 aliphatic carbocycles. The molecule has 2 aromatic rings. The van der Waals surface area contributed by atoms with Crippen molar-refractivity contribution in [1.82, 2.24) is 24.6 Å². The third-order valence-corrected chi connectivity index (χ3v) is 4.25. The number of anilines is 1. The maximum absolute atomic E-state index is 5.81. The molecule has 2 aromatic heterocycles. The molecule has 0 aromatic carbocycles. The molecule has 130 valence electrons. The Balaban J connectivity index is 1.63. The molecule has 0 amide bonds. The smallest absolute Gasteiger partial charge is 0.131 e. The van der Waals surface area contributed by atoms with Crippen molar-refractivity contribution in [2.24, 2.45) is 13.0 Å². The minimum absolute atomic E-state index is 0.439. The number of nitrogens with zero attached hydrogens (tertiary/aromatic N) is 6. The average molecular weight is 330 g/mol. The molecule has 1 fully saturated rings. The number of hydrogen-bond acceptors (Lipinski definition) is 6. The van der Waals surface area contributed by atoms with E-state index < -0.39 is 0 Å². The highest BCUT2D eigenvalue weighted by Gasteiger charge is 2.20. The van der Waals surface area contributed by atoms with E-state index in [1.54, 1.807) is 6.33 Å². The molecule has 0 bridgehead atoms. The van der Waals surface area contributed by atoms with Crippen molar-refractivity contribution >= 4 is 5.82 Å². The summed E-state index contributed by atoms with van der Waals surface area (Å²) in [5, 5.41) is 4.26. The lowest BCUT2D eigenvalue weighted by molar-refractivity contribution is 0.121. The summed E-state index contributed by atoms with van der Waals surface area (Å²) in [6.45, 7) is 4.45. The van der Waals surface area contributed by atoms with E-state index >= 15 is 0 Å². The van der Waals surface area contributed by atoms with E-state index in [9.17, 15) is 0 Å². The van der Waals surface area contributed by atoms with E-state index in [-0.39, 0.29) is 0 Å². The van der Waals surface area contributed by atoms with Gasteiger partial charge in [0.25, 0.3) is 0 Å². The van der Waals surface area contributed by atoms with Gasteiger partial charge in [-0.3, -0.25) is 9.58 Å². The molecule has 0 N–H and O–H groups in total. The highest BCUT2D eigenvalue weighted by molar-refractivity contribution is 5.36. The van der Waals surface area contributed by atoms with Gasteiger partial charge in [-0.05, 0) is 6.42 Å². The molecule has 3 heterocycles. The van der Waals surface area contributed by atoms with Crippen molar-refractivity contribution in [1.29, 1.82) is 0 Å². The number of hydrogen-bond donors (Lipinski definition) is 0. The average Bonchev–Trinajstić information content (AvgIpc) is 2.83. The van der Waals surface area contributed by atoms with Crippen LogP contribution in [0.4, 0.5) is 5.82 Å². The van der Waals surface area contributed by atoms with Gasteiger partial charge in [0, 0.05) is 70.2 Å². The first-order valence-corrected chi connectivity index (χ1v) is 8.36. The Morgan fingerprint density at radius 3 is 2.96 bits per heavy atom. The van der Waals surface area contributed by atoms with Gasteiger partial charge in [0.1, 0.15) is 12.1 Å². The molecule has 0 spiro atoms. The van der Waals surface area contributed by atoms with E-state index in [1.165, 1.54) is 5.56 Å². The maximum atomic E-state index is 5.81. The van der Waals surface area contributed by atoms with Gasteiger partial charge >= 0.3 is 0 Å². The minimum atomic E-state index is 0.439. The lowest BCUT2D eigenvalue weighted by Gasteiger charge is -2.22. The quantitative estimate of drug-likeness (QED) is 0.814. The summed E-state index contributed by atoms with van der Waals surface area (Å²) in [6.07, 6.45) is 6.58. The fourth-order valence-corrected chi connectivity index (χ4v) is 3.07. The molecule has 24 heavy (non-hydrogen) atoms. The Morgan fingerprint density at radius 1 is 1.33 bits per heavy atom. The molecule has 7 nitrogen and oxygen atoms in total. The lowest BCUT2D eigenvalue weighted by atomic mass is 10.0. The van der Waals surface area contributed by atoms with Crippen LogP contribution in [0.5, 0.6) is 0 Å². The van der Waals surface area contributed by atoms with Crippen molar-refractivity contribution < 1.29 is 4.74 Å². The standard InChI is InChI=1S/C17H26N6O/c1-21(2)17-7-16(18-13-19-17)6-14-10-23(4-5-24-12-14)11-15-8-20-22(3)9-15/h7-9,13-14H,4-6,10-12H2,1-3H3/t14-/m0/s1. The first-order valence-electron chi connectivity index (χ1n) is 8.36. The Labute approximate surface area is 143 Å². The summed E-state index contributed by atoms with van der Waals surface area (Å²) in [5.41, 5.74) is 2.32. The summed E-state index contributed by atoms with van der Waals surface area (Å²) < 4.78 is 7.67. The zero-order chi connectivity index (χ0) is 16.9. The van der Waals surface area contributed by atoms with Crippen LogP contribution in [0.1, 0.15) is 11.3 Å². The molecule has 1 saturated heterocycles. The van der Waals surface area contributed by atoms with Crippen molar-refractivity contribution in [2.75, 3.05) is 45.3 Å². The fraction of sp³-hybridized carbons (Fsp3) is 0.588. The van der Waals surface area contributed by atoms with Crippen molar-refractivity contribution in [3.8, 4) is 0 Å². The second-order valence-corrected chi connectivity index (χ2v) is 6.66. The van der Waals surface area contributed by atoms with Crippen LogP contribution in [0.25, 0.3) is 0 Å². The van der Waals surface area contributed by atoms with Crippen LogP contribution in [-0.4, -0.2) is 65.0 Å². The Morgan fingerprint density at radius 2 is 2.21 bits per heavy atom. The summed E-state index contributed by atoms with van der Waals surface area (Å²) >= 11 is 0. The fourth-order valence-electron chi connectivity index (χ4n) is 3.07. The van der Waals surface area contributed by atoms with Crippen LogP contribution in [0.3, 0.4) is 0 Å². The Hall–Kier alpha value is -1.99. The number of aryl methyl sites for hydroxylation is 1. The van der Waals surface area contributed by atoms with Crippen LogP contribution in [-0.2, 0) is 24.8 Å². The second-order valence-electron chi connectivity index (χ2n) is 6.66. The lowest BCUT2D eigenvalue weighted by Crippen LogP contribution is -2.30. The molecule has 1 aliphatic rings. The predicted molar refractivity (Wildman–Crippen MR) is 92.9 cm³/mol. The van der Waals surface area contributed by atoms with Gasteiger partial charge in [-0.1, -0.05) is 0 Å².